The van der Waals surface area contributed by atoms with Crippen LogP contribution in [0.1, 0.15) is 5.69 Å². The number of hydrogen-bond acceptors (Lipinski definition) is 4. The summed E-state index contributed by atoms with van der Waals surface area (Å²) in [6.07, 6.45) is 2.92. The second-order valence-corrected chi connectivity index (χ2v) is 4.75. The van der Waals surface area contributed by atoms with E-state index in [2.05, 4.69) is 20.9 Å². The highest BCUT2D eigenvalue weighted by atomic mass is 79.9. The van der Waals surface area contributed by atoms with Crippen LogP contribution < -0.4 is 17.0 Å². The molecule has 2 heterocycles. The van der Waals surface area contributed by atoms with E-state index < -0.39 is 11.2 Å². The second-order valence-electron chi connectivity index (χ2n) is 3.84. The van der Waals surface area contributed by atoms with Gasteiger partial charge in [-0.3, -0.25) is 14.3 Å². The molecule has 2 rings (SSSR count). The van der Waals surface area contributed by atoms with Crippen molar-refractivity contribution >= 4 is 21.6 Å². The summed E-state index contributed by atoms with van der Waals surface area (Å²) in [5.41, 5.74) is 5.28. The van der Waals surface area contributed by atoms with Crippen molar-refractivity contribution in [2.24, 2.45) is 7.05 Å². The molecule has 0 atom stereocenters. The van der Waals surface area contributed by atoms with E-state index >= 15 is 0 Å². The number of rotatable bonds is 2. The van der Waals surface area contributed by atoms with E-state index in [0.717, 1.165) is 9.04 Å². The minimum atomic E-state index is -0.497. The first-order valence-electron chi connectivity index (χ1n) is 5.15. The Kier molecular flexibility index (Phi) is 3.33. The molecule has 0 saturated heterocycles. The molecule has 2 N–H and O–H groups in total. The van der Waals surface area contributed by atoms with Crippen molar-refractivity contribution in [3.63, 3.8) is 0 Å². The Hall–Kier alpha value is -1.89. The number of pyridine rings is 1. The third kappa shape index (κ3) is 2.35. The summed E-state index contributed by atoms with van der Waals surface area (Å²) in [5.74, 6) is 0. The summed E-state index contributed by atoms with van der Waals surface area (Å²) in [4.78, 5) is 27.8. The Morgan fingerprint density at radius 1 is 1.39 bits per heavy atom. The number of anilines is 1. The number of halogens is 1. The minimum Gasteiger partial charge on any atom is -0.393 e. The van der Waals surface area contributed by atoms with Crippen LogP contribution in [0.5, 0.6) is 0 Å². The normalized spacial score (nSPS) is 10.6. The van der Waals surface area contributed by atoms with Crippen molar-refractivity contribution in [3.8, 4) is 0 Å². The molecule has 0 aromatic carbocycles. The first-order chi connectivity index (χ1) is 8.49. The third-order valence-electron chi connectivity index (χ3n) is 2.47. The SMILES string of the molecule is Cn1cc(N)c(=O)n(Cc2ccc(Br)cn2)c1=O. The number of hydrogen-bond donors (Lipinski definition) is 1. The lowest BCUT2D eigenvalue weighted by Gasteiger charge is -2.07. The largest absolute Gasteiger partial charge is 0.393 e. The van der Waals surface area contributed by atoms with Crippen LogP contribution in [0.3, 0.4) is 0 Å². The summed E-state index contributed by atoms with van der Waals surface area (Å²) < 4.78 is 3.17. The molecule has 0 amide bonds. The molecule has 7 heteroatoms. The molecule has 6 nitrogen and oxygen atoms in total. The highest BCUT2D eigenvalue weighted by Crippen LogP contribution is 2.07. The average Bonchev–Trinajstić information content (AvgIpc) is 2.34. The van der Waals surface area contributed by atoms with Crippen LogP contribution in [0.2, 0.25) is 0 Å². The monoisotopic (exact) mass is 310 g/mol. The van der Waals surface area contributed by atoms with E-state index in [1.54, 1.807) is 25.4 Å². The lowest BCUT2D eigenvalue weighted by Crippen LogP contribution is -2.40. The molecule has 0 aliphatic rings. The van der Waals surface area contributed by atoms with Gasteiger partial charge in [0.1, 0.15) is 5.69 Å². The predicted octanol–water partition coefficient (Wildman–Crippen LogP) is 0.335. The number of nitrogens with two attached hydrogens (primary N) is 1. The molecule has 94 valence electrons. The molecule has 0 aliphatic carbocycles. The molecule has 0 saturated carbocycles. The molecule has 0 fully saturated rings. The smallest absolute Gasteiger partial charge is 0.331 e. The molecule has 0 radical (unpaired) electrons. The van der Waals surface area contributed by atoms with Crippen LogP contribution in [0.15, 0.2) is 38.6 Å². The fraction of sp³-hybridized carbons (Fsp3) is 0.182. The maximum Gasteiger partial charge on any atom is 0.331 e. The summed E-state index contributed by atoms with van der Waals surface area (Å²) in [6, 6.07) is 3.53. The lowest BCUT2D eigenvalue weighted by atomic mass is 10.3. The number of aryl methyl sites for hydroxylation is 1. The quantitative estimate of drug-likeness (QED) is 0.867. The highest BCUT2D eigenvalue weighted by Gasteiger charge is 2.08. The van der Waals surface area contributed by atoms with Crippen molar-refractivity contribution in [2.45, 2.75) is 6.54 Å². The molecule has 18 heavy (non-hydrogen) atoms. The second kappa shape index (κ2) is 4.77. The Morgan fingerprint density at radius 3 is 2.72 bits per heavy atom. The summed E-state index contributed by atoms with van der Waals surface area (Å²) >= 11 is 3.27. The van der Waals surface area contributed by atoms with Gasteiger partial charge in [-0.25, -0.2) is 4.79 Å². The van der Waals surface area contributed by atoms with Gasteiger partial charge in [0.05, 0.1) is 12.2 Å². The molecular weight excluding hydrogens is 300 g/mol. The Bertz CT molecular complexity index is 653. The zero-order chi connectivity index (χ0) is 13.3. The molecule has 2 aromatic rings. The van der Waals surface area contributed by atoms with Gasteiger partial charge in [0.2, 0.25) is 0 Å². The van der Waals surface area contributed by atoms with Crippen LogP contribution in [0.25, 0.3) is 0 Å². The van der Waals surface area contributed by atoms with E-state index in [1.165, 1.54) is 10.8 Å². The molecule has 2 aromatic heterocycles. The fourth-order valence-electron chi connectivity index (χ4n) is 1.55. The first kappa shape index (κ1) is 12.6. The fourth-order valence-corrected chi connectivity index (χ4v) is 1.79. The maximum absolute atomic E-state index is 11.8. The van der Waals surface area contributed by atoms with Gasteiger partial charge in [0.25, 0.3) is 5.56 Å². The topological polar surface area (TPSA) is 82.9 Å². The minimum absolute atomic E-state index is 0.0363. The third-order valence-corrected chi connectivity index (χ3v) is 2.94. The Morgan fingerprint density at radius 2 is 2.11 bits per heavy atom. The van der Waals surface area contributed by atoms with E-state index in [4.69, 9.17) is 5.73 Å². The van der Waals surface area contributed by atoms with E-state index in [1.807, 2.05) is 0 Å². The van der Waals surface area contributed by atoms with Gasteiger partial charge in [-0.05, 0) is 28.1 Å². The van der Waals surface area contributed by atoms with E-state index in [-0.39, 0.29) is 12.2 Å². The van der Waals surface area contributed by atoms with Gasteiger partial charge in [-0.1, -0.05) is 0 Å². The van der Waals surface area contributed by atoms with E-state index in [9.17, 15) is 9.59 Å². The summed E-state index contributed by atoms with van der Waals surface area (Å²) in [5, 5.41) is 0. The molecule has 0 aliphatic heterocycles. The number of nitrogen functional groups attached to an aromatic ring is 1. The van der Waals surface area contributed by atoms with Crippen molar-refractivity contribution in [1.82, 2.24) is 14.1 Å². The molecule has 0 bridgehead atoms. The van der Waals surface area contributed by atoms with Gasteiger partial charge in [-0.2, -0.15) is 0 Å². The van der Waals surface area contributed by atoms with Crippen LogP contribution in [-0.2, 0) is 13.6 Å². The summed E-state index contributed by atoms with van der Waals surface area (Å²) in [7, 11) is 1.55. The van der Waals surface area contributed by atoms with Gasteiger partial charge in [0.15, 0.2) is 0 Å². The number of aromatic nitrogens is 3. The van der Waals surface area contributed by atoms with Crippen LogP contribution in [-0.4, -0.2) is 14.1 Å². The van der Waals surface area contributed by atoms with Gasteiger partial charge in [-0.15, -0.1) is 0 Å². The average molecular weight is 311 g/mol. The van der Waals surface area contributed by atoms with Crippen LogP contribution in [0.4, 0.5) is 5.69 Å². The van der Waals surface area contributed by atoms with E-state index in [0.29, 0.717) is 5.69 Å². The molecule has 0 unspecified atom stereocenters. The van der Waals surface area contributed by atoms with Crippen molar-refractivity contribution in [3.05, 3.63) is 55.5 Å². The Labute approximate surface area is 111 Å². The summed E-state index contributed by atoms with van der Waals surface area (Å²) in [6.45, 7) is 0.101. The Balaban J connectivity index is 2.50. The van der Waals surface area contributed by atoms with Crippen LogP contribution >= 0.6 is 15.9 Å². The van der Waals surface area contributed by atoms with Crippen molar-refractivity contribution in [1.29, 1.82) is 0 Å². The first-order valence-corrected chi connectivity index (χ1v) is 5.94. The predicted molar refractivity (Wildman–Crippen MR) is 71.4 cm³/mol. The molecular formula is C11H11BrN4O2. The maximum atomic E-state index is 11.8. The standard InChI is InChI=1S/C11H11BrN4O2/c1-15-6-9(13)10(17)16(11(15)18)5-8-3-2-7(12)4-14-8/h2-4,6H,5,13H2,1H3. The van der Waals surface area contributed by atoms with Crippen LogP contribution in [0, 0.1) is 0 Å². The van der Waals surface area contributed by atoms with Gasteiger partial charge in [0, 0.05) is 23.9 Å². The zero-order valence-electron chi connectivity index (χ0n) is 9.63. The van der Waals surface area contributed by atoms with Gasteiger partial charge >= 0.3 is 5.69 Å². The van der Waals surface area contributed by atoms with Crippen molar-refractivity contribution < 1.29 is 0 Å². The lowest BCUT2D eigenvalue weighted by molar-refractivity contribution is 0.634. The molecule has 0 spiro atoms. The number of nitrogens with zero attached hydrogens (tertiary/aromatic N) is 3. The highest BCUT2D eigenvalue weighted by molar-refractivity contribution is 9.10. The van der Waals surface area contributed by atoms with Gasteiger partial charge < -0.3 is 10.3 Å². The zero-order valence-corrected chi connectivity index (χ0v) is 11.2. The van der Waals surface area contributed by atoms with Crippen molar-refractivity contribution in [2.75, 3.05) is 5.73 Å².